The van der Waals surface area contributed by atoms with Crippen LogP contribution in [0.1, 0.15) is 19.8 Å². The highest BCUT2D eigenvalue weighted by atomic mass is 15.2. The molecule has 1 fully saturated rings. The molecule has 2 heterocycles. The standard InChI is InChI=1S/C16H18N4/c1-10-9-17-15(11-6-7-11)8-14(10)18-16-12-4-2-3-5-13(12)19-20-16/h2-5,8,11,17H,6-7,9H2,1H3,(H2,18,19,20). The van der Waals surface area contributed by atoms with Crippen LogP contribution in [0.25, 0.3) is 10.9 Å². The van der Waals surface area contributed by atoms with Crippen molar-refractivity contribution in [2.24, 2.45) is 5.92 Å². The molecule has 0 spiro atoms. The van der Waals surface area contributed by atoms with Crippen LogP contribution in [0.3, 0.4) is 0 Å². The summed E-state index contributed by atoms with van der Waals surface area (Å²) in [5.74, 6) is 1.65. The third kappa shape index (κ3) is 1.97. The van der Waals surface area contributed by atoms with E-state index in [1.165, 1.54) is 29.8 Å². The topological polar surface area (TPSA) is 52.7 Å². The van der Waals surface area contributed by atoms with Gasteiger partial charge >= 0.3 is 0 Å². The van der Waals surface area contributed by atoms with Crippen LogP contribution >= 0.6 is 0 Å². The number of aromatic nitrogens is 2. The van der Waals surface area contributed by atoms with Gasteiger partial charge in [0.25, 0.3) is 0 Å². The van der Waals surface area contributed by atoms with Crippen molar-refractivity contribution in [3.63, 3.8) is 0 Å². The van der Waals surface area contributed by atoms with Gasteiger partial charge in [-0.25, -0.2) is 0 Å². The second-order valence-electron chi connectivity index (χ2n) is 5.66. The number of anilines is 1. The SMILES string of the molecule is CC1=C(Nc2n[nH]c3ccccc23)C=C(C2CC2)NC1. The van der Waals surface area contributed by atoms with Gasteiger partial charge in [-0.1, -0.05) is 12.1 Å². The molecule has 102 valence electrons. The van der Waals surface area contributed by atoms with E-state index in [-0.39, 0.29) is 0 Å². The fourth-order valence-corrected chi connectivity index (χ4v) is 2.65. The van der Waals surface area contributed by atoms with Crippen LogP contribution in [-0.4, -0.2) is 16.7 Å². The number of para-hydroxylation sites is 1. The van der Waals surface area contributed by atoms with Gasteiger partial charge in [0.15, 0.2) is 5.82 Å². The molecule has 3 N–H and O–H groups in total. The molecule has 1 aliphatic carbocycles. The average molecular weight is 266 g/mol. The number of dihydropyridines is 1. The normalized spacial score (nSPS) is 18.9. The molecule has 1 aliphatic heterocycles. The minimum absolute atomic E-state index is 0.746. The first-order valence-electron chi connectivity index (χ1n) is 7.16. The van der Waals surface area contributed by atoms with Crippen molar-refractivity contribution >= 4 is 16.7 Å². The van der Waals surface area contributed by atoms with E-state index in [2.05, 4.69) is 39.9 Å². The highest BCUT2D eigenvalue weighted by molar-refractivity contribution is 5.90. The number of rotatable bonds is 3. The lowest BCUT2D eigenvalue weighted by Gasteiger charge is -2.20. The lowest BCUT2D eigenvalue weighted by atomic mass is 10.1. The van der Waals surface area contributed by atoms with Crippen molar-refractivity contribution in [2.75, 3.05) is 11.9 Å². The lowest BCUT2D eigenvalue weighted by molar-refractivity contribution is 0.762. The van der Waals surface area contributed by atoms with Crippen LogP contribution in [-0.2, 0) is 0 Å². The smallest absolute Gasteiger partial charge is 0.160 e. The number of aromatic amines is 1. The number of hydrogen-bond acceptors (Lipinski definition) is 3. The number of H-pyrrole nitrogens is 1. The maximum Gasteiger partial charge on any atom is 0.160 e. The molecule has 0 atom stereocenters. The Morgan fingerprint density at radius 1 is 1.25 bits per heavy atom. The van der Waals surface area contributed by atoms with E-state index in [1.807, 2.05) is 18.2 Å². The number of nitrogens with zero attached hydrogens (tertiary/aromatic N) is 1. The van der Waals surface area contributed by atoms with Gasteiger partial charge in [-0.3, -0.25) is 5.10 Å². The summed E-state index contributed by atoms with van der Waals surface area (Å²) in [6.45, 7) is 3.08. The van der Waals surface area contributed by atoms with E-state index in [1.54, 1.807) is 0 Å². The average Bonchev–Trinajstić information content (AvgIpc) is 3.24. The Labute approximate surface area is 118 Å². The summed E-state index contributed by atoms with van der Waals surface area (Å²) in [6.07, 6.45) is 4.88. The summed E-state index contributed by atoms with van der Waals surface area (Å²) in [6, 6.07) is 8.19. The van der Waals surface area contributed by atoms with Crippen LogP contribution in [0.4, 0.5) is 5.82 Å². The Morgan fingerprint density at radius 2 is 2.10 bits per heavy atom. The van der Waals surface area contributed by atoms with Crippen LogP contribution in [0.15, 0.2) is 47.3 Å². The maximum atomic E-state index is 4.39. The summed E-state index contributed by atoms with van der Waals surface area (Å²) >= 11 is 0. The molecule has 4 rings (SSSR count). The first kappa shape index (κ1) is 11.6. The molecule has 2 aromatic rings. The highest BCUT2D eigenvalue weighted by Gasteiger charge is 2.27. The Bertz CT molecular complexity index is 719. The van der Waals surface area contributed by atoms with E-state index >= 15 is 0 Å². The Hall–Kier alpha value is -2.23. The van der Waals surface area contributed by atoms with Gasteiger partial charge < -0.3 is 10.6 Å². The number of benzene rings is 1. The van der Waals surface area contributed by atoms with Gasteiger partial charge in [-0.2, -0.15) is 5.10 Å². The Kier molecular flexibility index (Phi) is 2.55. The summed E-state index contributed by atoms with van der Waals surface area (Å²) < 4.78 is 0. The van der Waals surface area contributed by atoms with Crippen LogP contribution < -0.4 is 10.6 Å². The molecule has 0 bridgehead atoms. The van der Waals surface area contributed by atoms with Crippen molar-refractivity contribution in [3.8, 4) is 0 Å². The third-order valence-corrected chi connectivity index (χ3v) is 4.06. The molecule has 1 saturated carbocycles. The zero-order chi connectivity index (χ0) is 13.5. The van der Waals surface area contributed by atoms with Crippen LogP contribution in [0.5, 0.6) is 0 Å². The van der Waals surface area contributed by atoms with Gasteiger partial charge in [-0.05, 0) is 49.5 Å². The summed E-state index contributed by atoms with van der Waals surface area (Å²) in [4.78, 5) is 0. The molecule has 2 aliphatic rings. The molecule has 4 heteroatoms. The van der Waals surface area contributed by atoms with E-state index in [9.17, 15) is 0 Å². The van der Waals surface area contributed by atoms with Crippen molar-refractivity contribution in [2.45, 2.75) is 19.8 Å². The Balaban J connectivity index is 1.67. The first-order valence-corrected chi connectivity index (χ1v) is 7.16. The van der Waals surface area contributed by atoms with E-state index in [4.69, 9.17) is 0 Å². The molecule has 0 radical (unpaired) electrons. The number of fused-ring (bicyclic) bond motifs is 1. The predicted molar refractivity (Wildman–Crippen MR) is 81.2 cm³/mol. The summed E-state index contributed by atoms with van der Waals surface area (Å²) in [5.41, 5.74) is 4.94. The van der Waals surface area contributed by atoms with Crippen molar-refractivity contribution in [1.29, 1.82) is 0 Å². The highest BCUT2D eigenvalue weighted by Crippen LogP contribution is 2.37. The third-order valence-electron chi connectivity index (χ3n) is 4.06. The summed E-state index contributed by atoms with van der Waals surface area (Å²) in [5, 5.41) is 15.6. The van der Waals surface area contributed by atoms with Crippen LogP contribution in [0, 0.1) is 5.92 Å². The molecule has 0 amide bonds. The molecule has 0 saturated heterocycles. The van der Waals surface area contributed by atoms with E-state index < -0.39 is 0 Å². The van der Waals surface area contributed by atoms with Crippen LogP contribution in [0.2, 0.25) is 0 Å². The van der Waals surface area contributed by atoms with Crippen molar-refractivity contribution in [1.82, 2.24) is 15.5 Å². The first-order chi connectivity index (χ1) is 9.81. The maximum absolute atomic E-state index is 4.39. The zero-order valence-corrected chi connectivity index (χ0v) is 11.5. The van der Waals surface area contributed by atoms with Crippen molar-refractivity contribution < 1.29 is 0 Å². The second kappa shape index (κ2) is 4.40. The molecule has 4 nitrogen and oxygen atoms in total. The minimum atomic E-state index is 0.746. The van der Waals surface area contributed by atoms with Crippen molar-refractivity contribution in [3.05, 3.63) is 47.3 Å². The van der Waals surface area contributed by atoms with Gasteiger partial charge in [0, 0.05) is 23.3 Å². The van der Waals surface area contributed by atoms with Gasteiger partial charge in [-0.15, -0.1) is 0 Å². The van der Waals surface area contributed by atoms with Gasteiger partial charge in [0.05, 0.1) is 5.52 Å². The fraction of sp³-hybridized carbons (Fsp3) is 0.312. The number of hydrogen-bond donors (Lipinski definition) is 3. The van der Waals surface area contributed by atoms with E-state index in [0.29, 0.717) is 0 Å². The fourth-order valence-electron chi connectivity index (χ4n) is 2.65. The number of allylic oxidation sites excluding steroid dienone is 2. The second-order valence-corrected chi connectivity index (χ2v) is 5.66. The molecule has 1 aromatic carbocycles. The molecular weight excluding hydrogens is 248 g/mol. The monoisotopic (exact) mass is 266 g/mol. The minimum Gasteiger partial charge on any atom is -0.384 e. The predicted octanol–water partition coefficient (Wildman–Crippen LogP) is 3.15. The Morgan fingerprint density at radius 3 is 2.95 bits per heavy atom. The lowest BCUT2D eigenvalue weighted by Crippen LogP contribution is -2.24. The quantitative estimate of drug-likeness (QED) is 0.800. The molecule has 1 aromatic heterocycles. The van der Waals surface area contributed by atoms with Gasteiger partial charge in [0.1, 0.15) is 0 Å². The molecule has 0 unspecified atom stereocenters. The molecular formula is C16H18N4. The van der Waals surface area contributed by atoms with Gasteiger partial charge in [0.2, 0.25) is 0 Å². The van der Waals surface area contributed by atoms with E-state index in [0.717, 1.165) is 29.2 Å². The zero-order valence-electron chi connectivity index (χ0n) is 11.5. The molecule has 20 heavy (non-hydrogen) atoms. The number of nitrogens with one attached hydrogen (secondary N) is 3. The largest absolute Gasteiger partial charge is 0.384 e. The summed E-state index contributed by atoms with van der Waals surface area (Å²) in [7, 11) is 0.